The molecule has 1 aromatic rings. The van der Waals surface area contributed by atoms with Crippen molar-refractivity contribution in [2.75, 3.05) is 0 Å². The monoisotopic (exact) mass is 217 g/mol. The zero-order valence-corrected chi connectivity index (χ0v) is 6.88. The Morgan fingerprint density at radius 3 is 2.64 bits per heavy atom. The first kappa shape index (κ1) is 8.00. The first-order valence-electron chi connectivity index (χ1n) is 2.73. The summed E-state index contributed by atoms with van der Waals surface area (Å²) in [4.78, 5) is 23.5. The Balaban J connectivity index is 3.30. The number of hydrogen-bond acceptors (Lipinski definition) is 2. The van der Waals surface area contributed by atoms with Crippen molar-refractivity contribution in [3.05, 3.63) is 32.7 Å². The van der Waals surface area contributed by atoms with Gasteiger partial charge in [0.2, 0.25) is 0 Å². The number of aromatic carboxylic acids is 1. The molecule has 0 spiro atoms. The van der Waals surface area contributed by atoms with Crippen LogP contribution in [0, 0.1) is 0 Å². The molecule has 5 heteroatoms. The lowest BCUT2D eigenvalue weighted by molar-refractivity contribution is 0.0690. The van der Waals surface area contributed by atoms with E-state index in [-0.39, 0.29) is 11.1 Å². The predicted molar refractivity (Wildman–Crippen MR) is 41.7 cm³/mol. The Morgan fingerprint density at radius 2 is 2.18 bits per heavy atom. The highest BCUT2D eigenvalue weighted by atomic mass is 79.9. The van der Waals surface area contributed by atoms with Gasteiger partial charge in [-0.05, 0) is 15.9 Å². The van der Waals surface area contributed by atoms with Gasteiger partial charge in [0.25, 0.3) is 0 Å². The van der Waals surface area contributed by atoms with Gasteiger partial charge in [-0.3, -0.25) is 4.79 Å². The molecule has 0 aliphatic heterocycles. The van der Waals surface area contributed by atoms with E-state index >= 15 is 0 Å². The van der Waals surface area contributed by atoms with Crippen LogP contribution in [0.3, 0.4) is 0 Å². The summed E-state index contributed by atoms with van der Waals surface area (Å²) < 4.78 is 0.363. The van der Waals surface area contributed by atoms with Crippen LogP contribution in [0.25, 0.3) is 0 Å². The molecule has 0 aromatic carbocycles. The molecule has 0 bridgehead atoms. The van der Waals surface area contributed by atoms with Crippen molar-refractivity contribution < 1.29 is 9.90 Å². The lowest BCUT2D eigenvalue weighted by atomic mass is 10.3. The number of carboxylic acid groups (broad SMARTS) is 1. The molecule has 0 aliphatic carbocycles. The van der Waals surface area contributed by atoms with Gasteiger partial charge in [0.15, 0.2) is 5.43 Å². The topological polar surface area (TPSA) is 70.2 Å². The molecule has 0 amide bonds. The fourth-order valence-corrected chi connectivity index (χ4v) is 1.06. The zero-order chi connectivity index (χ0) is 8.43. The Kier molecular flexibility index (Phi) is 2.09. The third kappa shape index (κ3) is 1.91. The van der Waals surface area contributed by atoms with E-state index < -0.39 is 5.97 Å². The molecule has 1 aromatic heterocycles. The molecule has 0 aliphatic rings. The highest BCUT2D eigenvalue weighted by Gasteiger charge is 2.03. The van der Waals surface area contributed by atoms with Crippen LogP contribution in [0.4, 0.5) is 0 Å². The summed E-state index contributed by atoms with van der Waals surface area (Å²) in [5.74, 6) is -1.15. The standard InChI is InChI=1S/C6H4BrNO3/c7-5-2-3(9)1-4(8-5)6(10)11/h1-2H,(H,8,9)(H,10,11). The molecule has 4 nitrogen and oxygen atoms in total. The van der Waals surface area contributed by atoms with Gasteiger partial charge in [-0.2, -0.15) is 0 Å². The number of H-pyrrole nitrogens is 1. The molecule has 2 N–H and O–H groups in total. The number of carboxylic acids is 1. The van der Waals surface area contributed by atoms with E-state index in [1.807, 2.05) is 0 Å². The molecule has 1 rings (SSSR count). The van der Waals surface area contributed by atoms with Gasteiger partial charge in [0.1, 0.15) is 5.69 Å². The van der Waals surface area contributed by atoms with Crippen LogP contribution in [-0.2, 0) is 0 Å². The third-order valence-corrected chi connectivity index (χ3v) is 1.47. The second-order valence-electron chi connectivity index (χ2n) is 1.88. The molecule has 0 atom stereocenters. The van der Waals surface area contributed by atoms with E-state index in [1.165, 1.54) is 6.07 Å². The maximum Gasteiger partial charge on any atom is 0.352 e. The average molecular weight is 218 g/mol. The third-order valence-electron chi connectivity index (χ3n) is 1.04. The summed E-state index contributed by atoms with van der Waals surface area (Å²) in [6, 6.07) is 2.28. The van der Waals surface area contributed by atoms with Crippen LogP contribution < -0.4 is 5.43 Å². The summed E-state index contributed by atoms with van der Waals surface area (Å²) in [5.41, 5.74) is -0.461. The van der Waals surface area contributed by atoms with E-state index in [1.54, 1.807) is 0 Å². The number of nitrogens with one attached hydrogen (secondary N) is 1. The number of halogens is 1. The number of carbonyl (C=O) groups is 1. The average Bonchev–Trinajstić information content (AvgIpc) is 1.85. The number of aromatic nitrogens is 1. The first-order chi connectivity index (χ1) is 5.09. The van der Waals surface area contributed by atoms with Gasteiger partial charge in [0, 0.05) is 12.1 Å². The lowest BCUT2D eigenvalue weighted by Crippen LogP contribution is -2.07. The van der Waals surface area contributed by atoms with Crippen LogP contribution in [-0.4, -0.2) is 16.1 Å². The van der Waals surface area contributed by atoms with Crippen molar-refractivity contribution >= 4 is 21.9 Å². The summed E-state index contributed by atoms with van der Waals surface area (Å²) >= 11 is 2.96. The lowest BCUT2D eigenvalue weighted by Gasteiger charge is -1.93. The Morgan fingerprint density at radius 1 is 1.55 bits per heavy atom. The quantitative estimate of drug-likeness (QED) is 0.686. The van der Waals surface area contributed by atoms with Gasteiger partial charge in [0.05, 0.1) is 4.60 Å². The van der Waals surface area contributed by atoms with Crippen molar-refractivity contribution in [1.82, 2.24) is 4.98 Å². The highest BCUT2D eigenvalue weighted by Crippen LogP contribution is 2.02. The molecule has 11 heavy (non-hydrogen) atoms. The smallest absolute Gasteiger partial charge is 0.352 e. The van der Waals surface area contributed by atoms with Crippen LogP contribution in [0.2, 0.25) is 0 Å². The van der Waals surface area contributed by atoms with Crippen LogP contribution in [0.15, 0.2) is 21.5 Å². The van der Waals surface area contributed by atoms with Crippen molar-refractivity contribution in [2.24, 2.45) is 0 Å². The molecular weight excluding hydrogens is 214 g/mol. The molecule has 0 unspecified atom stereocenters. The normalized spacial score (nSPS) is 9.55. The predicted octanol–water partition coefficient (Wildman–Crippen LogP) is 0.836. The minimum absolute atomic E-state index is 0.121. The highest BCUT2D eigenvalue weighted by molar-refractivity contribution is 9.10. The van der Waals surface area contributed by atoms with Gasteiger partial charge >= 0.3 is 5.97 Å². The first-order valence-corrected chi connectivity index (χ1v) is 3.52. The number of pyridine rings is 1. The van der Waals surface area contributed by atoms with Crippen molar-refractivity contribution in [3.63, 3.8) is 0 Å². The SMILES string of the molecule is O=C(O)c1cc(=O)cc(Br)[nH]1. The maximum absolute atomic E-state index is 10.7. The summed E-state index contributed by atoms with van der Waals surface area (Å²) in [6.45, 7) is 0. The van der Waals surface area contributed by atoms with Gasteiger partial charge < -0.3 is 10.1 Å². The van der Waals surface area contributed by atoms with Crippen LogP contribution >= 0.6 is 15.9 Å². The molecular formula is C6H4BrNO3. The number of aromatic amines is 1. The molecule has 0 saturated carbocycles. The van der Waals surface area contributed by atoms with E-state index in [4.69, 9.17) is 5.11 Å². The minimum atomic E-state index is -1.15. The van der Waals surface area contributed by atoms with Gasteiger partial charge in [-0.1, -0.05) is 0 Å². The number of rotatable bonds is 1. The van der Waals surface area contributed by atoms with E-state index in [2.05, 4.69) is 20.9 Å². The van der Waals surface area contributed by atoms with Gasteiger partial charge in [-0.15, -0.1) is 0 Å². The van der Waals surface area contributed by atoms with Crippen LogP contribution in [0.5, 0.6) is 0 Å². The molecule has 58 valence electrons. The second-order valence-corrected chi connectivity index (χ2v) is 2.74. The molecule has 0 radical (unpaired) electrons. The molecule has 0 saturated heterocycles. The second kappa shape index (κ2) is 2.87. The Bertz CT molecular complexity index is 344. The summed E-state index contributed by atoms with van der Waals surface area (Å²) in [5, 5.41) is 8.44. The number of hydrogen-bond donors (Lipinski definition) is 2. The maximum atomic E-state index is 10.7. The van der Waals surface area contributed by atoms with E-state index in [0.717, 1.165) is 6.07 Å². The van der Waals surface area contributed by atoms with E-state index in [9.17, 15) is 9.59 Å². The van der Waals surface area contributed by atoms with E-state index in [0.29, 0.717) is 4.60 Å². The zero-order valence-electron chi connectivity index (χ0n) is 5.30. The summed E-state index contributed by atoms with van der Waals surface area (Å²) in [7, 11) is 0. The van der Waals surface area contributed by atoms with Gasteiger partial charge in [-0.25, -0.2) is 4.79 Å². The van der Waals surface area contributed by atoms with Crippen molar-refractivity contribution in [3.8, 4) is 0 Å². The largest absolute Gasteiger partial charge is 0.477 e. The fraction of sp³-hybridized carbons (Fsp3) is 0. The minimum Gasteiger partial charge on any atom is -0.477 e. The van der Waals surface area contributed by atoms with Crippen molar-refractivity contribution in [1.29, 1.82) is 0 Å². The Hall–Kier alpha value is -1.10. The Labute approximate surface area is 70.0 Å². The molecule has 1 heterocycles. The summed E-state index contributed by atoms with van der Waals surface area (Å²) in [6.07, 6.45) is 0. The van der Waals surface area contributed by atoms with Crippen LogP contribution in [0.1, 0.15) is 10.5 Å². The molecule has 0 fully saturated rings. The van der Waals surface area contributed by atoms with Crippen molar-refractivity contribution in [2.45, 2.75) is 0 Å². The fourth-order valence-electron chi connectivity index (χ4n) is 0.625.